The third-order valence-electron chi connectivity index (χ3n) is 5.10. The van der Waals surface area contributed by atoms with Crippen LogP contribution >= 0.6 is 12.2 Å². The van der Waals surface area contributed by atoms with Gasteiger partial charge in [0.2, 0.25) is 0 Å². The summed E-state index contributed by atoms with van der Waals surface area (Å²) in [7, 11) is 0. The minimum Gasteiger partial charge on any atom is -0.344 e. The fourth-order valence-corrected chi connectivity index (χ4v) is 3.98. The molecule has 0 saturated carbocycles. The first kappa shape index (κ1) is 24.5. The van der Waals surface area contributed by atoms with Crippen molar-refractivity contribution in [3.8, 4) is 0 Å². The fraction of sp³-hybridized carbons (Fsp3) is 0.227. The fourth-order valence-electron chi connectivity index (χ4n) is 3.45. The van der Waals surface area contributed by atoms with E-state index in [1.165, 1.54) is 17.6 Å². The predicted molar refractivity (Wildman–Crippen MR) is 129 cm³/mol. The lowest BCUT2D eigenvalue weighted by Gasteiger charge is -2.16. The summed E-state index contributed by atoms with van der Waals surface area (Å²) in [5, 5.41) is 26.4. The van der Waals surface area contributed by atoms with Gasteiger partial charge in [0.15, 0.2) is 10.5 Å². The summed E-state index contributed by atoms with van der Waals surface area (Å²) in [5.41, 5.74) is -0.855. The van der Waals surface area contributed by atoms with Gasteiger partial charge in [0.05, 0.1) is 15.4 Å². The molecule has 0 radical (unpaired) electrons. The number of benzene rings is 2. The van der Waals surface area contributed by atoms with Crippen LogP contribution in [0.15, 0.2) is 47.3 Å². The SMILES string of the molecule is Cc1ccc(Nc2c([N+](=O)[O-])cc(C(=O)n3c(C)cc(=O)n(C(C)C)c3=S)cc2[N+](=O)[O-])cc1. The zero-order valence-corrected chi connectivity index (χ0v) is 19.6. The Balaban J connectivity index is 2.24. The maximum Gasteiger partial charge on any atom is 0.300 e. The van der Waals surface area contributed by atoms with E-state index in [0.29, 0.717) is 5.69 Å². The summed E-state index contributed by atoms with van der Waals surface area (Å²) in [6.45, 7) is 6.76. The molecule has 0 saturated heterocycles. The molecule has 3 aromatic rings. The van der Waals surface area contributed by atoms with Crippen LogP contribution in [0.2, 0.25) is 0 Å². The van der Waals surface area contributed by atoms with Gasteiger partial charge in [0.25, 0.3) is 11.5 Å². The van der Waals surface area contributed by atoms with E-state index in [9.17, 15) is 29.8 Å². The van der Waals surface area contributed by atoms with Gasteiger partial charge < -0.3 is 5.32 Å². The van der Waals surface area contributed by atoms with Crippen LogP contribution in [-0.4, -0.2) is 24.9 Å². The van der Waals surface area contributed by atoms with Crippen LogP contribution in [0.4, 0.5) is 22.7 Å². The molecule has 0 amide bonds. The highest BCUT2D eigenvalue weighted by Gasteiger charge is 2.30. The average Bonchev–Trinajstić information content (AvgIpc) is 2.74. The van der Waals surface area contributed by atoms with E-state index >= 15 is 0 Å². The second kappa shape index (κ2) is 9.35. The van der Waals surface area contributed by atoms with Crippen LogP contribution in [-0.2, 0) is 0 Å². The molecule has 0 atom stereocenters. The van der Waals surface area contributed by atoms with Crippen LogP contribution in [0, 0.1) is 38.8 Å². The molecule has 0 aliphatic heterocycles. The van der Waals surface area contributed by atoms with Gasteiger partial charge in [-0.1, -0.05) is 17.7 Å². The molecular weight excluding hydrogens is 462 g/mol. The maximum absolute atomic E-state index is 13.3. The number of hydrogen-bond acceptors (Lipinski definition) is 8. The second-order valence-corrected chi connectivity index (χ2v) is 8.27. The van der Waals surface area contributed by atoms with Gasteiger partial charge >= 0.3 is 11.4 Å². The normalized spacial score (nSPS) is 10.9. The molecule has 1 aromatic heterocycles. The summed E-state index contributed by atoms with van der Waals surface area (Å²) in [5.74, 6) is -0.829. The number of rotatable bonds is 6. The van der Waals surface area contributed by atoms with E-state index in [-0.39, 0.29) is 27.8 Å². The molecule has 3 rings (SSSR count). The van der Waals surface area contributed by atoms with Gasteiger partial charge in [-0.05, 0) is 52.0 Å². The molecule has 0 aliphatic rings. The largest absolute Gasteiger partial charge is 0.344 e. The summed E-state index contributed by atoms with van der Waals surface area (Å²) >= 11 is 5.34. The highest BCUT2D eigenvalue weighted by atomic mass is 32.1. The number of nitrogens with zero attached hydrogens (tertiary/aromatic N) is 4. The number of aryl methyl sites for hydroxylation is 2. The minimum atomic E-state index is -0.829. The smallest absolute Gasteiger partial charge is 0.300 e. The van der Waals surface area contributed by atoms with Crippen molar-refractivity contribution >= 4 is 40.9 Å². The van der Waals surface area contributed by atoms with Gasteiger partial charge in [-0.2, -0.15) is 0 Å². The van der Waals surface area contributed by atoms with Crippen LogP contribution in [0.25, 0.3) is 0 Å². The molecule has 2 aromatic carbocycles. The Hall–Kier alpha value is -4.19. The predicted octanol–water partition coefficient (Wildman–Crippen LogP) is 4.83. The summed E-state index contributed by atoms with van der Waals surface area (Å²) < 4.78 is 2.14. The molecule has 0 unspecified atom stereocenters. The number of anilines is 2. The average molecular weight is 484 g/mol. The first-order valence-electron chi connectivity index (χ1n) is 10.1. The van der Waals surface area contributed by atoms with Gasteiger partial charge in [-0.25, -0.2) is 0 Å². The zero-order chi connectivity index (χ0) is 25.3. The Morgan fingerprint density at radius 2 is 1.53 bits per heavy atom. The lowest BCUT2D eigenvalue weighted by atomic mass is 10.1. The number of nitro groups is 2. The van der Waals surface area contributed by atoms with Crippen molar-refractivity contribution in [3.05, 3.63) is 94.6 Å². The van der Waals surface area contributed by atoms with E-state index in [0.717, 1.165) is 22.3 Å². The van der Waals surface area contributed by atoms with Gasteiger partial charge in [-0.3, -0.25) is 39.0 Å². The van der Waals surface area contributed by atoms with Crippen molar-refractivity contribution in [2.75, 3.05) is 5.32 Å². The van der Waals surface area contributed by atoms with Crippen molar-refractivity contribution < 1.29 is 14.6 Å². The third kappa shape index (κ3) is 4.62. The standard InChI is InChI=1S/C22H21N5O6S/c1-12(2)24-19(28)9-14(4)25(22(24)34)21(29)15-10-17(26(30)31)20(18(11-15)27(32)33)23-16-7-5-13(3)6-8-16/h5-12,23H,1-4H3. The number of carbonyl (C=O) groups is 1. The number of aromatic nitrogens is 2. The molecule has 0 aliphatic carbocycles. The summed E-state index contributed by atoms with van der Waals surface area (Å²) in [6.07, 6.45) is 0. The number of nitro benzene ring substituents is 2. The molecule has 0 spiro atoms. The summed E-state index contributed by atoms with van der Waals surface area (Å²) in [4.78, 5) is 47.7. The first-order valence-corrected chi connectivity index (χ1v) is 10.5. The van der Waals surface area contributed by atoms with Gasteiger partial charge in [0.1, 0.15) is 0 Å². The molecule has 1 N–H and O–H groups in total. The quantitative estimate of drug-likeness (QED) is 0.298. The minimum absolute atomic E-state index is 0.114. The highest BCUT2D eigenvalue weighted by molar-refractivity contribution is 7.71. The molecule has 12 heteroatoms. The lowest BCUT2D eigenvalue weighted by Crippen LogP contribution is -2.30. The molecule has 34 heavy (non-hydrogen) atoms. The van der Waals surface area contributed by atoms with Crippen molar-refractivity contribution in [2.24, 2.45) is 0 Å². The molecule has 11 nitrogen and oxygen atoms in total. The van der Waals surface area contributed by atoms with Crippen LogP contribution < -0.4 is 10.9 Å². The van der Waals surface area contributed by atoms with E-state index < -0.39 is 32.7 Å². The maximum atomic E-state index is 13.3. The Morgan fingerprint density at radius 1 is 1.00 bits per heavy atom. The lowest BCUT2D eigenvalue weighted by molar-refractivity contribution is -0.392. The third-order valence-corrected chi connectivity index (χ3v) is 5.48. The Labute approximate surface area is 198 Å². The molecule has 1 heterocycles. The number of nitrogens with one attached hydrogen (secondary N) is 1. The zero-order valence-electron chi connectivity index (χ0n) is 18.8. The second-order valence-electron chi connectivity index (χ2n) is 7.91. The Bertz CT molecular complexity index is 1400. The molecule has 176 valence electrons. The molecule has 0 bridgehead atoms. The highest BCUT2D eigenvalue weighted by Crippen LogP contribution is 2.38. The topological polar surface area (TPSA) is 142 Å². The van der Waals surface area contributed by atoms with Crippen molar-refractivity contribution in [3.63, 3.8) is 0 Å². The van der Waals surface area contributed by atoms with E-state index in [2.05, 4.69) is 5.32 Å². The van der Waals surface area contributed by atoms with Gasteiger partial charge in [0, 0.05) is 35.6 Å². The Kier molecular flexibility index (Phi) is 6.73. The number of carbonyl (C=O) groups excluding carboxylic acids is 1. The van der Waals surface area contributed by atoms with E-state index in [1.807, 2.05) is 6.92 Å². The molecule has 0 fully saturated rings. The van der Waals surface area contributed by atoms with Crippen LogP contribution in [0.5, 0.6) is 0 Å². The number of hydrogen-bond donors (Lipinski definition) is 1. The van der Waals surface area contributed by atoms with E-state index in [4.69, 9.17) is 12.2 Å². The van der Waals surface area contributed by atoms with Crippen LogP contribution in [0.3, 0.4) is 0 Å². The van der Waals surface area contributed by atoms with E-state index in [1.54, 1.807) is 38.1 Å². The van der Waals surface area contributed by atoms with Crippen molar-refractivity contribution in [1.29, 1.82) is 0 Å². The monoisotopic (exact) mass is 483 g/mol. The Morgan fingerprint density at radius 3 is 2.00 bits per heavy atom. The van der Waals surface area contributed by atoms with Gasteiger partial charge in [-0.15, -0.1) is 0 Å². The summed E-state index contributed by atoms with van der Waals surface area (Å²) in [6, 6.07) is 9.50. The van der Waals surface area contributed by atoms with Crippen LogP contribution in [0.1, 0.15) is 41.5 Å². The van der Waals surface area contributed by atoms with Crippen molar-refractivity contribution in [1.82, 2.24) is 9.13 Å². The first-order chi connectivity index (χ1) is 15.9. The van der Waals surface area contributed by atoms with Crippen molar-refractivity contribution in [2.45, 2.75) is 33.7 Å². The molecular formula is C22H21N5O6S.